The molecule has 2 aromatic heterocycles. The van der Waals surface area contributed by atoms with Crippen molar-refractivity contribution in [2.24, 2.45) is 11.8 Å². The van der Waals surface area contributed by atoms with Gasteiger partial charge in [-0.25, -0.2) is 0 Å². The zero-order valence-corrected chi connectivity index (χ0v) is 28.6. The van der Waals surface area contributed by atoms with Gasteiger partial charge in [0.05, 0.1) is 38.4 Å². The van der Waals surface area contributed by atoms with Crippen LogP contribution in [-0.4, -0.2) is 89.0 Å². The Morgan fingerprint density at radius 2 is 1.67 bits per heavy atom. The van der Waals surface area contributed by atoms with Crippen LogP contribution in [0.1, 0.15) is 67.4 Å². The Bertz CT molecular complexity index is 1550. The first-order chi connectivity index (χ1) is 23.6. The quantitative estimate of drug-likeness (QED) is 0.192. The Labute approximate surface area is 287 Å². The maximum Gasteiger partial charge on any atom is 0.274 e. The average Bonchev–Trinajstić information content (AvgIpc) is 3.68. The van der Waals surface area contributed by atoms with Crippen molar-refractivity contribution in [1.82, 2.24) is 25.7 Å². The molecule has 0 spiro atoms. The lowest BCUT2D eigenvalue weighted by Gasteiger charge is -2.25. The van der Waals surface area contributed by atoms with Crippen LogP contribution in [0.2, 0.25) is 0 Å². The molecule has 12 nitrogen and oxygen atoms in total. The highest BCUT2D eigenvalue weighted by molar-refractivity contribution is 5.99. The number of morpholine rings is 1. The smallest absolute Gasteiger partial charge is 0.274 e. The van der Waals surface area contributed by atoms with E-state index in [-0.39, 0.29) is 41.9 Å². The minimum absolute atomic E-state index is 0.0884. The molecule has 2 amide bonds. The maximum atomic E-state index is 14.0. The molecule has 262 valence electrons. The number of carbonyl (C=O) groups excluding carboxylic acids is 4. The first-order valence-corrected chi connectivity index (χ1v) is 17.1. The fourth-order valence-electron chi connectivity index (χ4n) is 6.09. The van der Waals surface area contributed by atoms with Gasteiger partial charge in [0.2, 0.25) is 5.91 Å². The summed E-state index contributed by atoms with van der Waals surface area (Å²) in [5.74, 6) is -1.44. The molecular weight excluding hydrogens is 626 g/mol. The SMILES string of the molecule is CC(C)CC(CC(=O)C(CCc1ccccc1)NC(=O)c1cc(CN2CCOCC2)on1)C(=O)NC(Cc1ccncc1)C(=O)C1(C)CO1. The highest BCUT2D eigenvalue weighted by Crippen LogP contribution is 2.29. The van der Waals surface area contributed by atoms with Gasteiger partial charge in [0.15, 0.2) is 23.0 Å². The molecule has 2 saturated heterocycles. The lowest BCUT2D eigenvalue weighted by molar-refractivity contribution is -0.134. The number of benzene rings is 1. The third-order valence-electron chi connectivity index (χ3n) is 9.03. The monoisotopic (exact) mass is 673 g/mol. The zero-order valence-electron chi connectivity index (χ0n) is 28.6. The number of hydrogen-bond acceptors (Lipinski definition) is 10. The number of hydrogen-bond donors (Lipinski definition) is 2. The third kappa shape index (κ3) is 10.6. The number of epoxide rings is 1. The predicted molar refractivity (Wildman–Crippen MR) is 180 cm³/mol. The topological polar surface area (TPSA) is 156 Å². The second-order valence-electron chi connectivity index (χ2n) is 13.6. The molecule has 12 heteroatoms. The number of amides is 2. The highest BCUT2D eigenvalue weighted by Gasteiger charge is 2.50. The van der Waals surface area contributed by atoms with E-state index in [1.807, 2.05) is 44.2 Å². The van der Waals surface area contributed by atoms with Crippen molar-refractivity contribution in [3.63, 3.8) is 0 Å². The normalized spacial score (nSPS) is 19.5. The van der Waals surface area contributed by atoms with Crippen LogP contribution in [0.4, 0.5) is 0 Å². The Morgan fingerprint density at radius 1 is 0.959 bits per heavy atom. The molecule has 0 aliphatic carbocycles. The van der Waals surface area contributed by atoms with Crippen molar-refractivity contribution in [2.45, 2.75) is 77.1 Å². The Balaban J connectivity index is 1.29. The number of ketones is 2. The lowest BCUT2D eigenvalue weighted by atomic mass is 9.87. The third-order valence-corrected chi connectivity index (χ3v) is 9.03. The van der Waals surface area contributed by atoms with Gasteiger partial charge in [-0.1, -0.05) is 49.3 Å². The molecule has 0 bridgehead atoms. The van der Waals surface area contributed by atoms with Crippen molar-refractivity contribution in [1.29, 1.82) is 0 Å². The van der Waals surface area contributed by atoms with Gasteiger partial charge >= 0.3 is 0 Å². The molecule has 2 aliphatic heterocycles. The first kappa shape index (κ1) is 36.0. The number of ether oxygens (including phenoxy) is 2. The molecule has 4 atom stereocenters. The molecule has 5 rings (SSSR count). The predicted octanol–water partition coefficient (Wildman–Crippen LogP) is 3.34. The van der Waals surface area contributed by atoms with Crippen LogP contribution in [0, 0.1) is 11.8 Å². The number of Topliss-reactive ketones (excluding diaryl/α,β-unsaturated/α-hetero) is 2. The molecule has 1 aromatic carbocycles. The van der Waals surface area contributed by atoms with Gasteiger partial charge in [-0.2, -0.15) is 0 Å². The summed E-state index contributed by atoms with van der Waals surface area (Å²) < 4.78 is 16.3. The molecule has 49 heavy (non-hydrogen) atoms. The molecule has 4 heterocycles. The number of nitrogens with zero attached hydrogens (tertiary/aromatic N) is 3. The largest absolute Gasteiger partial charge is 0.379 e. The summed E-state index contributed by atoms with van der Waals surface area (Å²) in [5.41, 5.74) is 1.02. The Hall–Kier alpha value is -4.26. The zero-order chi connectivity index (χ0) is 34.8. The average molecular weight is 674 g/mol. The summed E-state index contributed by atoms with van der Waals surface area (Å²) in [5, 5.41) is 9.83. The first-order valence-electron chi connectivity index (χ1n) is 17.1. The van der Waals surface area contributed by atoms with Gasteiger partial charge in [0, 0.05) is 43.9 Å². The number of aryl methyl sites for hydroxylation is 1. The number of rotatable bonds is 18. The van der Waals surface area contributed by atoms with Gasteiger partial charge < -0.3 is 24.6 Å². The number of aromatic nitrogens is 2. The van der Waals surface area contributed by atoms with E-state index in [0.29, 0.717) is 51.4 Å². The fraction of sp³-hybridized carbons (Fsp3) is 0.514. The molecule has 0 saturated carbocycles. The van der Waals surface area contributed by atoms with E-state index in [2.05, 4.69) is 25.7 Å². The molecule has 2 N–H and O–H groups in total. The summed E-state index contributed by atoms with van der Waals surface area (Å²) in [6.45, 7) is 9.28. The number of nitrogens with one attached hydrogen (secondary N) is 2. The summed E-state index contributed by atoms with van der Waals surface area (Å²) in [6.07, 6.45) is 4.76. The van der Waals surface area contributed by atoms with E-state index < -0.39 is 29.5 Å². The van der Waals surface area contributed by atoms with Crippen LogP contribution in [0.5, 0.6) is 0 Å². The van der Waals surface area contributed by atoms with Gasteiger partial charge in [0.25, 0.3) is 5.91 Å². The molecular formula is C37H47N5O7. The maximum absolute atomic E-state index is 14.0. The van der Waals surface area contributed by atoms with E-state index in [0.717, 1.165) is 24.2 Å². The lowest BCUT2D eigenvalue weighted by Crippen LogP contribution is -2.50. The second kappa shape index (κ2) is 16.9. The van der Waals surface area contributed by atoms with E-state index in [9.17, 15) is 19.2 Å². The van der Waals surface area contributed by atoms with Crippen molar-refractivity contribution in [2.75, 3.05) is 32.9 Å². The van der Waals surface area contributed by atoms with E-state index in [4.69, 9.17) is 14.0 Å². The van der Waals surface area contributed by atoms with E-state index in [1.54, 1.807) is 37.5 Å². The van der Waals surface area contributed by atoms with Crippen LogP contribution < -0.4 is 10.6 Å². The van der Waals surface area contributed by atoms with Crippen molar-refractivity contribution in [3.8, 4) is 0 Å². The minimum atomic E-state index is -0.940. The van der Waals surface area contributed by atoms with E-state index in [1.165, 1.54) is 0 Å². The minimum Gasteiger partial charge on any atom is -0.379 e. The molecule has 2 fully saturated rings. The van der Waals surface area contributed by atoms with Gasteiger partial charge in [-0.15, -0.1) is 0 Å². The molecule has 2 aliphatic rings. The van der Waals surface area contributed by atoms with Crippen LogP contribution in [0.25, 0.3) is 0 Å². The van der Waals surface area contributed by atoms with Crippen molar-refractivity contribution >= 4 is 23.4 Å². The summed E-state index contributed by atoms with van der Waals surface area (Å²) in [4.78, 5) is 61.0. The summed E-state index contributed by atoms with van der Waals surface area (Å²) >= 11 is 0. The summed E-state index contributed by atoms with van der Waals surface area (Å²) in [6, 6.07) is 13.2. The highest BCUT2D eigenvalue weighted by atomic mass is 16.6. The number of pyridine rings is 1. The Morgan fingerprint density at radius 3 is 2.35 bits per heavy atom. The van der Waals surface area contributed by atoms with E-state index >= 15 is 0 Å². The standard InChI is InChI=1S/C37H47N5O7/c1-25(2)19-28(35(45)40-31(34(44)37(3)24-48-37)20-27-11-13-38-14-12-27)21-33(43)30(10-9-26-7-5-4-6-8-26)39-36(46)32-22-29(49-41-32)23-42-15-17-47-18-16-42/h4-8,11-14,22,25,28,30-31H,9-10,15-21,23-24H2,1-3H3,(H,39,46)(H,40,45). The van der Waals surface area contributed by atoms with Gasteiger partial charge in [-0.05, 0) is 61.8 Å². The summed E-state index contributed by atoms with van der Waals surface area (Å²) in [7, 11) is 0. The number of carbonyl (C=O) groups is 4. The van der Waals surface area contributed by atoms with Crippen LogP contribution in [0.3, 0.4) is 0 Å². The van der Waals surface area contributed by atoms with Crippen molar-refractivity contribution in [3.05, 3.63) is 83.5 Å². The fourth-order valence-corrected chi connectivity index (χ4v) is 6.09. The van der Waals surface area contributed by atoms with Crippen LogP contribution in [-0.2, 0) is 43.2 Å². The van der Waals surface area contributed by atoms with Crippen molar-refractivity contribution < 1.29 is 33.2 Å². The van der Waals surface area contributed by atoms with Gasteiger partial charge in [-0.3, -0.25) is 29.1 Å². The molecule has 4 unspecified atom stereocenters. The molecule has 0 radical (unpaired) electrons. The molecule has 3 aromatic rings. The Kier molecular flexibility index (Phi) is 12.4. The van der Waals surface area contributed by atoms with Gasteiger partial charge in [0.1, 0.15) is 5.60 Å². The second-order valence-corrected chi connectivity index (χ2v) is 13.6. The van der Waals surface area contributed by atoms with Crippen LogP contribution in [0.15, 0.2) is 65.4 Å². The van der Waals surface area contributed by atoms with Crippen LogP contribution >= 0.6 is 0 Å².